The van der Waals surface area contributed by atoms with Crippen LogP contribution < -0.4 is 10.5 Å². The van der Waals surface area contributed by atoms with Crippen LogP contribution >= 0.6 is 11.6 Å². The molecule has 3 N–H and O–H groups in total. The van der Waals surface area contributed by atoms with E-state index in [0.717, 1.165) is 0 Å². The summed E-state index contributed by atoms with van der Waals surface area (Å²) in [7, 11) is 1.52. The zero-order chi connectivity index (χ0) is 13.1. The molecule has 0 spiro atoms. The summed E-state index contributed by atoms with van der Waals surface area (Å²) in [5, 5.41) is 10.9. The number of nitrogens with two attached hydrogens (primary N) is 1. The van der Waals surface area contributed by atoms with E-state index in [-0.39, 0.29) is 0 Å². The summed E-state index contributed by atoms with van der Waals surface area (Å²) in [6.07, 6.45) is 0.677. The van der Waals surface area contributed by atoms with Crippen molar-refractivity contribution < 1.29 is 9.84 Å². The van der Waals surface area contributed by atoms with E-state index in [9.17, 15) is 5.11 Å². The molecule has 0 aliphatic carbocycles. The van der Waals surface area contributed by atoms with Gasteiger partial charge in [0.25, 0.3) is 0 Å². The van der Waals surface area contributed by atoms with Crippen molar-refractivity contribution in [3.05, 3.63) is 52.7 Å². The molecule has 0 bridgehead atoms. The van der Waals surface area contributed by atoms with Gasteiger partial charge >= 0.3 is 0 Å². The lowest BCUT2D eigenvalue weighted by molar-refractivity contribution is 0.215. The second-order valence-electron chi connectivity index (χ2n) is 3.77. The van der Waals surface area contributed by atoms with Crippen LogP contribution in [-0.2, 0) is 0 Å². The van der Waals surface area contributed by atoms with Crippen molar-refractivity contribution in [2.45, 2.75) is 6.10 Å². The highest BCUT2D eigenvalue weighted by Gasteiger charge is 2.18. The van der Waals surface area contributed by atoms with Crippen LogP contribution in [0.1, 0.15) is 17.2 Å². The molecule has 2 rings (SSSR count). The number of nitrogen functional groups attached to an aromatic ring is 1. The van der Waals surface area contributed by atoms with E-state index in [1.807, 2.05) is 0 Å². The fourth-order valence-electron chi connectivity index (χ4n) is 1.74. The molecule has 0 saturated carbocycles. The summed E-state index contributed by atoms with van der Waals surface area (Å²) >= 11 is 5.88. The quantitative estimate of drug-likeness (QED) is 0.893. The number of rotatable bonds is 3. The first-order valence-corrected chi connectivity index (χ1v) is 5.73. The average molecular weight is 265 g/mol. The van der Waals surface area contributed by atoms with E-state index >= 15 is 0 Å². The van der Waals surface area contributed by atoms with Gasteiger partial charge in [0.1, 0.15) is 17.7 Å². The van der Waals surface area contributed by atoms with Gasteiger partial charge in [-0.1, -0.05) is 23.7 Å². The number of benzene rings is 1. The Balaban J connectivity index is 2.46. The van der Waals surface area contributed by atoms with Crippen molar-refractivity contribution in [2.24, 2.45) is 0 Å². The van der Waals surface area contributed by atoms with Gasteiger partial charge in [-0.3, -0.25) is 0 Å². The summed E-state index contributed by atoms with van der Waals surface area (Å²) in [6, 6.07) is 8.48. The van der Waals surface area contributed by atoms with E-state index in [2.05, 4.69) is 4.98 Å². The standard InChI is InChI=1S/C13H13ClN2O2/c1-18-11-7-8(14)4-5-9(11)12(17)10-3-2-6-16-13(10)15/h2-7,12,17H,1H3,(H2,15,16). The molecule has 0 radical (unpaired) electrons. The molecule has 1 atom stereocenters. The lowest BCUT2D eigenvalue weighted by atomic mass is 10.0. The molecule has 1 heterocycles. The zero-order valence-corrected chi connectivity index (χ0v) is 10.6. The Morgan fingerprint density at radius 3 is 2.78 bits per heavy atom. The van der Waals surface area contributed by atoms with Crippen LogP contribution in [0, 0.1) is 0 Å². The topological polar surface area (TPSA) is 68.4 Å². The molecule has 1 aromatic heterocycles. The van der Waals surface area contributed by atoms with Gasteiger partial charge < -0.3 is 15.6 Å². The fraction of sp³-hybridized carbons (Fsp3) is 0.154. The number of methoxy groups -OCH3 is 1. The van der Waals surface area contributed by atoms with Gasteiger partial charge in [-0.25, -0.2) is 4.98 Å². The van der Waals surface area contributed by atoms with Crippen molar-refractivity contribution in [1.29, 1.82) is 0 Å². The number of aliphatic hydroxyl groups excluding tert-OH is 1. The number of aliphatic hydroxyl groups is 1. The molecule has 2 aromatic rings. The van der Waals surface area contributed by atoms with Crippen LogP contribution in [-0.4, -0.2) is 17.2 Å². The minimum absolute atomic E-state index is 0.294. The van der Waals surface area contributed by atoms with Crippen molar-refractivity contribution in [3.63, 3.8) is 0 Å². The SMILES string of the molecule is COc1cc(Cl)ccc1C(O)c1cccnc1N. The van der Waals surface area contributed by atoms with Crippen LogP contribution in [0.15, 0.2) is 36.5 Å². The maximum atomic E-state index is 10.3. The van der Waals surface area contributed by atoms with Gasteiger partial charge in [-0.15, -0.1) is 0 Å². The Kier molecular flexibility index (Phi) is 3.69. The maximum absolute atomic E-state index is 10.3. The van der Waals surface area contributed by atoms with Crippen LogP contribution in [0.5, 0.6) is 5.75 Å². The van der Waals surface area contributed by atoms with Crippen LogP contribution in [0.4, 0.5) is 5.82 Å². The first-order valence-electron chi connectivity index (χ1n) is 5.35. The first kappa shape index (κ1) is 12.7. The molecular formula is C13H13ClN2O2. The van der Waals surface area contributed by atoms with E-state index in [4.69, 9.17) is 22.1 Å². The van der Waals surface area contributed by atoms with Gasteiger partial charge in [-0.2, -0.15) is 0 Å². The van der Waals surface area contributed by atoms with Crippen LogP contribution in [0.25, 0.3) is 0 Å². The second-order valence-corrected chi connectivity index (χ2v) is 4.20. The highest BCUT2D eigenvalue weighted by molar-refractivity contribution is 6.30. The lowest BCUT2D eigenvalue weighted by Crippen LogP contribution is -2.06. The van der Waals surface area contributed by atoms with Gasteiger partial charge in [-0.05, 0) is 18.2 Å². The molecule has 5 heteroatoms. The lowest BCUT2D eigenvalue weighted by Gasteiger charge is -2.16. The summed E-state index contributed by atoms with van der Waals surface area (Å²) in [4.78, 5) is 3.95. The third-order valence-corrected chi connectivity index (χ3v) is 2.89. The molecule has 1 unspecified atom stereocenters. The summed E-state index contributed by atoms with van der Waals surface area (Å²) in [5.41, 5.74) is 6.88. The van der Waals surface area contributed by atoms with E-state index in [1.54, 1.807) is 36.5 Å². The Hall–Kier alpha value is -1.78. The van der Waals surface area contributed by atoms with Gasteiger partial charge in [0.05, 0.1) is 7.11 Å². The number of anilines is 1. The van der Waals surface area contributed by atoms with Crippen molar-refractivity contribution in [1.82, 2.24) is 4.98 Å². The minimum Gasteiger partial charge on any atom is -0.496 e. The monoisotopic (exact) mass is 264 g/mol. The molecule has 0 amide bonds. The Morgan fingerprint density at radius 2 is 2.11 bits per heavy atom. The number of nitrogens with zero attached hydrogens (tertiary/aromatic N) is 1. The highest BCUT2D eigenvalue weighted by atomic mass is 35.5. The van der Waals surface area contributed by atoms with Gasteiger partial charge in [0.15, 0.2) is 0 Å². The van der Waals surface area contributed by atoms with E-state index < -0.39 is 6.10 Å². The van der Waals surface area contributed by atoms with Crippen molar-refractivity contribution in [3.8, 4) is 5.75 Å². The Morgan fingerprint density at radius 1 is 1.33 bits per heavy atom. The molecule has 18 heavy (non-hydrogen) atoms. The Bertz CT molecular complexity index is 560. The number of pyridine rings is 1. The van der Waals surface area contributed by atoms with Crippen LogP contribution in [0.2, 0.25) is 5.02 Å². The molecule has 0 fully saturated rings. The predicted molar refractivity (Wildman–Crippen MR) is 70.7 cm³/mol. The number of hydrogen-bond acceptors (Lipinski definition) is 4. The van der Waals surface area contributed by atoms with E-state index in [0.29, 0.717) is 27.7 Å². The average Bonchev–Trinajstić information content (AvgIpc) is 2.38. The maximum Gasteiger partial charge on any atom is 0.129 e. The predicted octanol–water partition coefficient (Wildman–Crippen LogP) is 2.41. The largest absolute Gasteiger partial charge is 0.496 e. The Labute approximate surface area is 110 Å². The van der Waals surface area contributed by atoms with Gasteiger partial charge in [0, 0.05) is 22.3 Å². The van der Waals surface area contributed by atoms with Crippen molar-refractivity contribution >= 4 is 17.4 Å². The molecule has 0 saturated heterocycles. The number of ether oxygens (including phenoxy) is 1. The fourth-order valence-corrected chi connectivity index (χ4v) is 1.90. The third kappa shape index (κ3) is 2.39. The highest BCUT2D eigenvalue weighted by Crippen LogP contribution is 2.33. The third-order valence-electron chi connectivity index (χ3n) is 2.66. The second kappa shape index (κ2) is 5.25. The number of halogens is 1. The van der Waals surface area contributed by atoms with Crippen LogP contribution in [0.3, 0.4) is 0 Å². The van der Waals surface area contributed by atoms with Gasteiger partial charge in [0.2, 0.25) is 0 Å². The summed E-state index contributed by atoms with van der Waals surface area (Å²) in [6.45, 7) is 0. The molecular weight excluding hydrogens is 252 g/mol. The van der Waals surface area contributed by atoms with Crippen molar-refractivity contribution in [2.75, 3.05) is 12.8 Å². The minimum atomic E-state index is -0.897. The number of hydrogen-bond donors (Lipinski definition) is 2. The first-order chi connectivity index (χ1) is 8.63. The summed E-state index contributed by atoms with van der Waals surface area (Å²) in [5.74, 6) is 0.806. The normalized spacial score (nSPS) is 12.2. The molecule has 4 nitrogen and oxygen atoms in total. The van der Waals surface area contributed by atoms with E-state index in [1.165, 1.54) is 7.11 Å². The molecule has 1 aromatic carbocycles. The smallest absolute Gasteiger partial charge is 0.129 e. The number of aromatic nitrogens is 1. The molecule has 0 aliphatic rings. The molecule has 94 valence electrons. The summed E-state index contributed by atoms with van der Waals surface area (Å²) < 4.78 is 5.20. The zero-order valence-electron chi connectivity index (χ0n) is 9.80. The molecule has 0 aliphatic heterocycles.